The van der Waals surface area contributed by atoms with E-state index in [1.807, 2.05) is 6.92 Å². The van der Waals surface area contributed by atoms with Crippen molar-refractivity contribution in [2.24, 2.45) is 0 Å². The van der Waals surface area contributed by atoms with E-state index in [-0.39, 0.29) is 7.92 Å². The molecule has 0 atom stereocenters. The van der Waals surface area contributed by atoms with Gasteiger partial charge in [0.05, 0.1) is 6.61 Å². The summed E-state index contributed by atoms with van der Waals surface area (Å²) in [5.41, 5.74) is 4.56. The molecule has 0 aromatic heterocycles. The third kappa shape index (κ3) is 4.62. The molecule has 0 spiro atoms. The normalized spacial score (nSPS) is 10.3. The van der Waals surface area contributed by atoms with Crippen LogP contribution in [0.1, 0.15) is 34.6 Å². The van der Waals surface area contributed by atoms with Crippen LogP contribution in [0.25, 0.3) is 0 Å². The Kier molecular flexibility index (Phi) is 6.21. The molecule has 1 nitrogen and oxygen atoms in total. The second-order valence-corrected chi connectivity index (χ2v) is 6.35. The van der Waals surface area contributed by atoms with E-state index in [1.54, 1.807) is 0 Å². The zero-order valence-electron chi connectivity index (χ0n) is 8.72. The van der Waals surface area contributed by atoms with Crippen molar-refractivity contribution in [3.8, 4) is 11.8 Å². The number of rotatable bonds is 3. The standard InChI is InChI=1S/C10H19OP/c1-6-11-7-8-12(9(2)3)10(4)5/h9-10H,6H2,1-5H3. The van der Waals surface area contributed by atoms with Crippen molar-refractivity contribution in [2.75, 3.05) is 6.61 Å². The van der Waals surface area contributed by atoms with Crippen LogP contribution >= 0.6 is 7.92 Å². The van der Waals surface area contributed by atoms with Gasteiger partial charge in [-0.1, -0.05) is 27.7 Å². The summed E-state index contributed by atoms with van der Waals surface area (Å²) in [6.45, 7) is 11.6. The van der Waals surface area contributed by atoms with Gasteiger partial charge in [0.1, 0.15) is 6.11 Å². The predicted molar refractivity (Wildman–Crippen MR) is 56.6 cm³/mol. The minimum absolute atomic E-state index is 0.176. The highest BCUT2D eigenvalue weighted by Gasteiger charge is 2.13. The van der Waals surface area contributed by atoms with Crippen LogP contribution in [0.3, 0.4) is 0 Å². The van der Waals surface area contributed by atoms with E-state index in [9.17, 15) is 0 Å². The lowest BCUT2D eigenvalue weighted by molar-refractivity contribution is 0.299. The lowest BCUT2D eigenvalue weighted by atomic mass is 10.5. The lowest BCUT2D eigenvalue weighted by Crippen LogP contribution is -2.01. The van der Waals surface area contributed by atoms with Gasteiger partial charge in [0.25, 0.3) is 0 Å². The van der Waals surface area contributed by atoms with Gasteiger partial charge in [0.15, 0.2) is 0 Å². The average Bonchev–Trinajstić information content (AvgIpc) is 1.96. The molecule has 0 heterocycles. The van der Waals surface area contributed by atoms with Crippen molar-refractivity contribution >= 4 is 7.92 Å². The monoisotopic (exact) mass is 186 g/mol. The van der Waals surface area contributed by atoms with Gasteiger partial charge >= 0.3 is 0 Å². The summed E-state index contributed by atoms with van der Waals surface area (Å²) in [4.78, 5) is 0. The van der Waals surface area contributed by atoms with Crippen molar-refractivity contribution in [1.82, 2.24) is 0 Å². The SMILES string of the molecule is CCOC#CP(C(C)C)C(C)C. The van der Waals surface area contributed by atoms with Crippen LogP contribution in [0.5, 0.6) is 0 Å². The van der Waals surface area contributed by atoms with Crippen LogP contribution in [-0.2, 0) is 4.74 Å². The maximum absolute atomic E-state index is 5.02. The largest absolute Gasteiger partial charge is 0.447 e. The van der Waals surface area contributed by atoms with Crippen LogP contribution in [0, 0.1) is 11.8 Å². The zero-order chi connectivity index (χ0) is 9.56. The van der Waals surface area contributed by atoms with Gasteiger partial charge < -0.3 is 4.74 Å². The molecule has 0 aromatic rings. The molecule has 0 unspecified atom stereocenters. The summed E-state index contributed by atoms with van der Waals surface area (Å²) in [5, 5.41) is 0. The lowest BCUT2D eigenvalue weighted by Gasteiger charge is -2.18. The van der Waals surface area contributed by atoms with E-state index in [1.165, 1.54) is 0 Å². The maximum atomic E-state index is 5.02. The molecule has 0 aliphatic carbocycles. The Labute approximate surface area is 77.6 Å². The van der Waals surface area contributed by atoms with Gasteiger partial charge in [-0.2, -0.15) is 0 Å². The Bertz CT molecular complexity index is 156. The fourth-order valence-corrected chi connectivity index (χ4v) is 2.89. The van der Waals surface area contributed by atoms with Crippen LogP contribution in [-0.4, -0.2) is 17.9 Å². The first kappa shape index (κ1) is 11.8. The second-order valence-electron chi connectivity index (χ2n) is 3.24. The smallest absolute Gasteiger partial charge is 0.114 e. The van der Waals surface area contributed by atoms with Gasteiger partial charge in [0, 0.05) is 0 Å². The minimum atomic E-state index is -0.176. The first-order valence-corrected chi connectivity index (χ1v) is 5.98. The van der Waals surface area contributed by atoms with Gasteiger partial charge in [-0.3, -0.25) is 0 Å². The average molecular weight is 186 g/mol. The number of hydrogen-bond acceptors (Lipinski definition) is 1. The van der Waals surface area contributed by atoms with E-state index < -0.39 is 0 Å². The van der Waals surface area contributed by atoms with E-state index in [0.29, 0.717) is 17.9 Å². The Balaban J connectivity index is 4.07. The van der Waals surface area contributed by atoms with Crippen LogP contribution in [0.4, 0.5) is 0 Å². The van der Waals surface area contributed by atoms with Gasteiger partial charge in [0.2, 0.25) is 0 Å². The number of hydrogen-bond donors (Lipinski definition) is 0. The van der Waals surface area contributed by atoms with E-state index in [2.05, 4.69) is 39.5 Å². The van der Waals surface area contributed by atoms with Crippen molar-refractivity contribution < 1.29 is 4.74 Å². The van der Waals surface area contributed by atoms with Crippen LogP contribution in [0.15, 0.2) is 0 Å². The van der Waals surface area contributed by atoms with Crippen molar-refractivity contribution in [2.45, 2.75) is 45.9 Å². The van der Waals surface area contributed by atoms with Crippen molar-refractivity contribution in [1.29, 1.82) is 0 Å². The Morgan fingerprint density at radius 2 is 1.67 bits per heavy atom. The molecule has 2 heteroatoms. The molecule has 0 aliphatic heterocycles. The molecule has 0 aromatic carbocycles. The van der Waals surface area contributed by atoms with Crippen molar-refractivity contribution in [3.05, 3.63) is 0 Å². The topological polar surface area (TPSA) is 9.23 Å². The highest BCUT2D eigenvalue weighted by molar-refractivity contribution is 7.64. The summed E-state index contributed by atoms with van der Waals surface area (Å²) >= 11 is 0. The molecule has 0 saturated heterocycles. The van der Waals surface area contributed by atoms with Crippen molar-refractivity contribution in [3.63, 3.8) is 0 Å². The van der Waals surface area contributed by atoms with Crippen LogP contribution in [0.2, 0.25) is 0 Å². The predicted octanol–water partition coefficient (Wildman–Crippen LogP) is 3.24. The molecule has 0 radical (unpaired) electrons. The second kappa shape index (κ2) is 6.32. The highest BCUT2D eigenvalue weighted by atomic mass is 31.1. The summed E-state index contributed by atoms with van der Waals surface area (Å²) in [6, 6.07) is 0. The molecule has 0 bridgehead atoms. The summed E-state index contributed by atoms with van der Waals surface area (Å²) in [6.07, 6.45) is 2.78. The molecule has 70 valence electrons. The molecular formula is C10H19OP. The maximum Gasteiger partial charge on any atom is 0.114 e. The first-order valence-electron chi connectivity index (χ1n) is 4.50. The summed E-state index contributed by atoms with van der Waals surface area (Å²) in [7, 11) is -0.176. The Morgan fingerprint density at radius 1 is 1.17 bits per heavy atom. The molecule has 0 fully saturated rings. The third-order valence-corrected chi connectivity index (χ3v) is 4.08. The van der Waals surface area contributed by atoms with Gasteiger partial charge in [-0.15, -0.1) is 0 Å². The van der Waals surface area contributed by atoms with Gasteiger partial charge in [-0.05, 0) is 31.8 Å². The third-order valence-electron chi connectivity index (χ3n) is 1.50. The number of ether oxygens (including phenoxy) is 1. The summed E-state index contributed by atoms with van der Waals surface area (Å²) in [5.74, 6) is 0. The first-order chi connectivity index (χ1) is 5.59. The fraction of sp³-hybridized carbons (Fsp3) is 0.800. The van der Waals surface area contributed by atoms with E-state index >= 15 is 0 Å². The molecule has 0 N–H and O–H groups in total. The summed E-state index contributed by atoms with van der Waals surface area (Å²) < 4.78 is 5.02. The van der Waals surface area contributed by atoms with Crippen LogP contribution < -0.4 is 0 Å². The minimum Gasteiger partial charge on any atom is -0.447 e. The molecule has 0 saturated carbocycles. The molecular weight excluding hydrogens is 167 g/mol. The molecule has 12 heavy (non-hydrogen) atoms. The molecule has 0 aliphatic rings. The molecule has 0 amide bonds. The fourth-order valence-electron chi connectivity index (χ4n) is 1.01. The highest BCUT2D eigenvalue weighted by Crippen LogP contribution is 2.44. The Hall–Kier alpha value is -0.210. The quantitative estimate of drug-likeness (QED) is 0.485. The Morgan fingerprint density at radius 3 is 2.00 bits per heavy atom. The molecule has 0 rings (SSSR count). The van der Waals surface area contributed by atoms with E-state index in [0.717, 1.165) is 0 Å². The van der Waals surface area contributed by atoms with Gasteiger partial charge in [-0.25, -0.2) is 0 Å². The van der Waals surface area contributed by atoms with E-state index in [4.69, 9.17) is 4.74 Å². The zero-order valence-corrected chi connectivity index (χ0v) is 9.61.